The fourth-order valence-electron chi connectivity index (χ4n) is 3.57. The van der Waals surface area contributed by atoms with E-state index in [2.05, 4.69) is 10.3 Å². The molecule has 3 rings (SSSR count). The number of hydrogen-bond acceptors (Lipinski definition) is 8. The van der Waals surface area contributed by atoms with Crippen LogP contribution >= 0.6 is 24.8 Å². The number of carbonyl (C=O) groups excluding carboxylic acids is 1. The second-order valence-corrected chi connectivity index (χ2v) is 6.91. The molecule has 186 valence electrons. The average Bonchev–Trinajstić information content (AvgIpc) is 2.82. The highest BCUT2D eigenvalue weighted by Crippen LogP contribution is 2.40. The van der Waals surface area contributed by atoms with E-state index in [1.54, 1.807) is 27.5 Å². The lowest BCUT2D eigenvalue weighted by molar-refractivity contribution is -0.138. The normalized spacial score (nSPS) is 9.91. The highest BCUT2D eigenvalue weighted by molar-refractivity contribution is 5.99. The van der Waals surface area contributed by atoms with Crippen LogP contribution < -0.4 is 24.3 Å². The zero-order chi connectivity index (χ0) is 23.1. The van der Waals surface area contributed by atoms with Crippen molar-refractivity contribution < 1.29 is 28.5 Å². The summed E-state index contributed by atoms with van der Waals surface area (Å²) in [6.45, 7) is 2.43. The molecular formula is C24H30Cl2N2O6. The lowest BCUT2D eigenvalue weighted by atomic mass is 9.99. The summed E-state index contributed by atoms with van der Waals surface area (Å²) in [6.07, 6.45) is 4.18. The quantitative estimate of drug-likeness (QED) is 0.391. The number of nitrogens with zero attached hydrogens (tertiary/aromatic N) is 1. The Bertz CT molecular complexity index is 1090. The van der Waals surface area contributed by atoms with Gasteiger partial charge in [-0.1, -0.05) is 6.07 Å². The summed E-state index contributed by atoms with van der Waals surface area (Å²) < 4.78 is 26.9. The molecule has 34 heavy (non-hydrogen) atoms. The van der Waals surface area contributed by atoms with E-state index in [4.69, 9.17) is 23.7 Å². The van der Waals surface area contributed by atoms with E-state index in [-0.39, 0.29) is 37.3 Å². The fraction of sp³-hybridized carbons (Fsp3) is 0.333. The summed E-state index contributed by atoms with van der Waals surface area (Å²) in [6, 6.07) is 7.74. The molecule has 1 heterocycles. The second-order valence-electron chi connectivity index (χ2n) is 6.91. The van der Waals surface area contributed by atoms with E-state index in [9.17, 15) is 4.79 Å². The SMILES string of the molecule is CCOc1ccc2c(Cc3cc(OC)c(OC)c(OC)c3)cncc2c1NCC(=O)OC.Cl.Cl. The van der Waals surface area contributed by atoms with E-state index in [0.29, 0.717) is 41.7 Å². The molecule has 8 nitrogen and oxygen atoms in total. The smallest absolute Gasteiger partial charge is 0.325 e. The van der Waals surface area contributed by atoms with E-state index >= 15 is 0 Å². The molecule has 10 heteroatoms. The molecule has 0 aliphatic rings. The van der Waals surface area contributed by atoms with E-state index < -0.39 is 0 Å². The highest BCUT2D eigenvalue weighted by Gasteiger charge is 2.16. The number of methoxy groups -OCH3 is 4. The summed E-state index contributed by atoms with van der Waals surface area (Å²) in [7, 11) is 6.12. The molecule has 3 aromatic rings. The maximum atomic E-state index is 11.7. The summed E-state index contributed by atoms with van der Waals surface area (Å²) in [4.78, 5) is 16.1. The lowest BCUT2D eigenvalue weighted by Crippen LogP contribution is -2.16. The Morgan fingerprint density at radius 1 is 0.912 bits per heavy atom. The average molecular weight is 513 g/mol. The van der Waals surface area contributed by atoms with Crippen molar-refractivity contribution in [1.29, 1.82) is 0 Å². The van der Waals surface area contributed by atoms with Gasteiger partial charge in [0.25, 0.3) is 0 Å². The van der Waals surface area contributed by atoms with E-state index in [0.717, 1.165) is 21.9 Å². The van der Waals surface area contributed by atoms with Crippen molar-refractivity contribution in [2.24, 2.45) is 0 Å². The van der Waals surface area contributed by atoms with Gasteiger partial charge in [0.1, 0.15) is 12.3 Å². The summed E-state index contributed by atoms with van der Waals surface area (Å²) in [5.41, 5.74) is 2.68. The third kappa shape index (κ3) is 6.27. The number of ether oxygens (including phenoxy) is 5. The monoisotopic (exact) mass is 512 g/mol. The third-order valence-corrected chi connectivity index (χ3v) is 5.04. The molecule has 0 saturated heterocycles. The summed E-state index contributed by atoms with van der Waals surface area (Å²) in [5.74, 6) is 2.01. The van der Waals surface area contributed by atoms with Gasteiger partial charge in [0, 0.05) is 17.8 Å². The molecule has 0 aliphatic carbocycles. The number of pyridine rings is 1. The fourth-order valence-corrected chi connectivity index (χ4v) is 3.57. The van der Waals surface area contributed by atoms with Gasteiger partial charge in [-0.05, 0) is 48.1 Å². The van der Waals surface area contributed by atoms with Crippen molar-refractivity contribution in [3.63, 3.8) is 0 Å². The Kier molecular flexibility index (Phi) is 11.5. The molecule has 0 bridgehead atoms. The molecule has 0 aliphatic heterocycles. The van der Waals surface area contributed by atoms with Crippen molar-refractivity contribution in [3.05, 3.63) is 47.8 Å². The first kappa shape index (κ1) is 28.9. The van der Waals surface area contributed by atoms with Crippen LogP contribution in [0.2, 0.25) is 0 Å². The number of rotatable bonds is 10. The summed E-state index contributed by atoms with van der Waals surface area (Å²) in [5, 5.41) is 4.98. The largest absolute Gasteiger partial charge is 0.493 e. The first-order valence-corrected chi connectivity index (χ1v) is 10.2. The Morgan fingerprint density at radius 3 is 2.15 bits per heavy atom. The van der Waals surface area contributed by atoms with Gasteiger partial charge in [-0.25, -0.2) is 0 Å². The van der Waals surface area contributed by atoms with Crippen LogP contribution in [0.15, 0.2) is 36.7 Å². The number of hydrogen-bond donors (Lipinski definition) is 1. The van der Waals surface area contributed by atoms with Crippen LogP contribution in [0, 0.1) is 0 Å². The standard InChI is InChI=1S/C24H28N2O6.2ClH/c1-6-32-19-8-7-17-16(12-25-13-18(17)23(19)26-14-22(27)30-4)9-15-10-20(28-2)24(31-5)21(11-15)29-3;;/h7-8,10-13,26H,6,9,14H2,1-5H3;2*1H. The molecule has 0 fully saturated rings. The first-order valence-electron chi connectivity index (χ1n) is 10.2. The topological polar surface area (TPSA) is 88.1 Å². The van der Waals surface area contributed by atoms with Crippen molar-refractivity contribution in [1.82, 2.24) is 4.98 Å². The number of esters is 1. The minimum absolute atomic E-state index is 0. The van der Waals surface area contributed by atoms with Gasteiger partial charge < -0.3 is 29.0 Å². The predicted octanol–water partition coefficient (Wildman–Crippen LogP) is 4.68. The van der Waals surface area contributed by atoms with Crippen LogP contribution in [0.3, 0.4) is 0 Å². The van der Waals surface area contributed by atoms with Crippen LogP contribution in [-0.4, -0.2) is 52.5 Å². The third-order valence-electron chi connectivity index (χ3n) is 5.04. The van der Waals surface area contributed by atoms with Crippen molar-refractivity contribution in [2.45, 2.75) is 13.3 Å². The van der Waals surface area contributed by atoms with Gasteiger partial charge in [-0.15, -0.1) is 24.8 Å². The Morgan fingerprint density at radius 2 is 1.59 bits per heavy atom. The Balaban J connectivity index is 0.00000289. The zero-order valence-corrected chi connectivity index (χ0v) is 21.4. The molecule has 1 N–H and O–H groups in total. The van der Waals surface area contributed by atoms with Crippen molar-refractivity contribution in [3.8, 4) is 23.0 Å². The number of nitrogens with one attached hydrogen (secondary N) is 1. The van der Waals surface area contributed by atoms with Gasteiger partial charge in [-0.3, -0.25) is 9.78 Å². The van der Waals surface area contributed by atoms with Gasteiger partial charge in [0.05, 0.1) is 40.7 Å². The first-order chi connectivity index (χ1) is 15.6. The van der Waals surface area contributed by atoms with Gasteiger partial charge in [-0.2, -0.15) is 0 Å². The molecule has 0 spiro atoms. The molecule has 0 atom stereocenters. The number of benzene rings is 2. The molecule has 0 radical (unpaired) electrons. The number of halogens is 2. The van der Waals surface area contributed by atoms with Gasteiger partial charge in [0.2, 0.25) is 5.75 Å². The number of fused-ring (bicyclic) bond motifs is 1. The van der Waals surface area contributed by atoms with E-state index in [1.165, 1.54) is 7.11 Å². The van der Waals surface area contributed by atoms with Crippen LogP contribution in [0.25, 0.3) is 10.8 Å². The van der Waals surface area contributed by atoms with Crippen LogP contribution in [-0.2, 0) is 16.0 Å². The molecule has 0 amide bonds. The van der Waals surface area contributed by atoms with Crippen LogP contribution in [0.4, 0.5) is 5.69 Å². The molecular weight excluding hydrogens is 483 g/mol. The van der Waals surface area contributed by atoms with Gasteiger partial charge in [0.15, 0.2) is 11.5 Å². The van der Waals surface area contributed by atoms with E-state index in [1.807, 2.05) is 37.4 Å². The molecule has 1 aromatic heterocycles. The predicted molar refractivity (Wildman–Crippen MR) is 137 cm³/mol. The lowest BCUT2D eigenvalue weighted by Gasteiger charge is -2.17. The molecule has 0 saturated carbocycles. The molecule has 2 aromatic carbocycles. The second kappa shape index (κ2) is 13.6. The number of aromatic nitrogens is 1. The molecule has 0 unspecified atom stereocenters. The maximum Gasteiger partial charge on any atom is 0.325 e. The Hall–Kier alpha value is -3.10. The summed E-state index contributed by atoms with van der Waals surface area (Å²) >= 11 is 0. The number of carbonyl (C=O) groups is 1. The maximum absolute atomic E-state index is 11.7. The highest BCUT2D eigenvalue weighted by atomic mass is 35.5. The van der Waals surface area contributed by atoms with Crippen LogP contribution in [0.5, 0.6) is 23.0 Å². The minimum Gasteiger partial charge on any atom is -0.493 e. The van der Waals surface area contributed by atoms with Crippen molar-refractivity contribution in [2.75, 3.05) is 46.9 Å². The zero-order valence-electron chi connectivity index (χ0n) is 19.8. The minimum atomic E-state index is -0.369. The van der Waals surface area contributed by atoms with Crippen molar-refractivity contribution >= 4 is 47.2 Å². The number of anilines is 1. The van der Waals surface area contributed by atoms with Gasteiger partial charge >= 0.3 is 5.97 Å². The Labute approximate surface area is 211 Å². The van der Waals surface area contributed by atoms with Crippen LogP contribution in [0.1, 0.15) is 18.1 Å².